The monoisotopic (exact) mass is 358 g/mol. The highest BCUT2D eigenvalue weighted by Gasteiger charge is 2.30. The molecule has 0 aromatic heterocycles. The van der Waals surface area contributed by atoms with Crippen LogP contribution in [0, 0.1) is 5.41 Å². The first-order valence-corrected chi connectivity index (χ1v) is 8.76. The van der Waals surface area contributed by atoms with E-state index in [0.29, 0.717) is 11.1 Å². The lowest BCUT2D eigenvalue weighted by molar-refractivity contribution is 0.0697. The summed E-state index contributed by atoms with van der Waals surface area (Å²) in [4.78, 5) is 12.2. The van der Waals surface area contributed by atoms with E-state index in [0.717, 1.165) is 16.9 Å². The maximum atomic E-state index is 11.5. The number of aromatic carboxylic acids is 1. The van der Waals surface area contributed by atoms with E-state index in [1.54, 1.807) is 30.3 Å². The van der Waals surface area contributed by atoms with Gasteiger partial charge < -0.3 is 10.2 Å². The molecule has 0 radical (unpaired) electrons. The molecule has 2 N–H and O–H groups in total. The number of benzene rings is 2. The maximum absolute atomic E-state index is 11.5. The summed E-state index contributed by atoms with van der Waals surface area (Å²) in [7, 11) is 0. The van der Waals surface area contributed by atoms with E-state index in [1.165, 1.54) is 6.07 Å². The maximum Gasteiger partial charge on any atom is 0.336 e. The van der Waals surface area contributed by atoms with Gasteiger partial charge in [-0.25, -0.2) is 4.79 Å². The fourth-order valence-corrected chi connectivity index (χ4v) is 4.16. The summed E-state index contributed by atoms with van der Waals surface area (Å²) in [6.45, 7) is 10.8. The number of rotatable bonds is 4. The first kappa shape index (κ1) is 19.4. The number of thiol groups is 1. The average molecular weight is 359 g/mol. The summed E-state index contributed by atoms with van der Waals surface area (Å²) in [5, 5.41) is 20.0. The molecule has 0 unspecified atom stereocenters. The molecule has 0 atom stereocenters. The van der Waals surface area contributed by atoms with E-state index < -0.39 is 5.97 Å². The SMILES string of the molecule is CC(C)(C)CC(C)(C)c1cc(O)c(-c2ccccc2C(=O)O)cc1S. The Balaban J connectivity index is 2.58. The zero-order valence-electron chi connectivity index (χ0n) is 15.4. The number of phenols is 1. The van der Waals surface area contributed by atoms with Crippen molar-refractivity contribution in [2.24, 2.45) is 5.41 Å². The summed E-state index contributed by atoms with van der Waals surface area (Å²) >= 11 is 4.64. The third-order valence-electron chi connectivity index (χ3n) is 4.26. The Morgan fingerprint density at radius 1 is 1.04 bits per heavy atom. The molecule has 0 saturated carbocycles. The zero-order valence-corrected chi connectivity index (χ0v) is 16.3. The number of carboxylic acid groups (broad SMARTS) is 1. The summed E-state index contributed by atoms with van der Waals surface area (Å²) in [5.74, 6) is -0.948. The lowest BCUT2D eigenvalue weighted by Gasteiger charge is -2.34. The van der Waals surface area contributed by atoms with Crippen molar-refractivity contribution in [2.75, 3.05) is 0 Å². The van der Waals surface area contributed by atoms with Crippen molar-refractivity contribution >= 4 is 18.6 Å². The normalized spacial score (nSPS) is 12.2. The molecule has 0 spiro atoms. The molecule has 2 rings (SSSR count). The Morgan fingerprint density at radius 3 is 2.20 bits per heavy atom. The Bertz CT molecular complexity index is 801. The summed E-state index contributed by atoms with van der Waals surface area (Å²) in [5.41, 5.74) is 2.05. The van der Waals surface area contributed by atoms with Gasteiger partial charge in [-0.1, -0.05) is 52.8 Å². The van der Waals surface area contributed by atoms with Gasteiger partial charge in [-0.15, -0.1) is 12.6 Å². The fourth-order valence-electron chi connectivity index (χ4n) is 3.66. The molecule has 2 aromatic carbocycles. The molecule has 0 aliphatic carbocycles. The number of carboxylic acids is 1. The van der Waals surface area contributed by atoms with E-state index >= 15 is 0 Å². The fraction of sp³-hybridized carbons (Fsp3) is 0.381. The molecule has 134 valence electrons. The van der Waals surface area contributed by atoms with E-state index in [-0.39, 0.29) is 22.1 Å². The standard InChI is InChI=1S/C21H26O3S/c1-20(2,3)12-21(4,5)16-11-17(22)15(10-18(16)25)13-8-6-7-9-14(13)19(23)24/h6-11,22,25H,12H2,1-5H3,(H,23,24). The molecule has 25 heavy (non-hydrogen) atoms. The van der Waals surface area contributed by atoms with Crippen molar-refractivity contribution in [3.05, 3.63) is 47.5 Å². The van der Waals surface area contributed by atoms with Crippen LogP contribution in [0.15, 0.2) is 41.3 Å². The molecule has 3 nitrogen and oxygen atoms in total. The van der Waals surface area contributed by atoms with Crippen LogP contribution in [-0.2, 0) is 5.41 Å². The van der Waals surface area contributed by atoms with E-state index in [1.807, 2.05) is 0 Å². The molecule has 0 aliphatic heterocycles. The Kier molecular flexibility index (Phi) is 5.24. The van der Waals surface area contributed by atoms with E-state index in [4.69, 9.17) is 0 Å². The number of carbonyl (C=O) groups is 1. The first-order chi connectivity index (χ1) is 11.4. The minimum Gasteiger partial charge on any atom is -0.507 e. The highest BCUT2D eigenvalue weighted by atomic mass is 32.1. The summed E-state index contributed by atoms with van der Waals surface area (Å²) < 4.78 is 0. The number of aromatic hydroxyl groups is 1. The van der Waals surface area contributed by atoms with Crippen LogP contribution in [0.4, 0.5) is 0 Å². The van der Waals surface area contributed by atoms with Gasteiger partial charge in [0, 0.05) is 10.5 Å². The molecule has 0 heterocycles. The highest BCUT2D eigenvalue weighted by Crippen LogP contribution is 2.43. The Hall–Kier alpha value is -1.94. The van der Waals surface area contributed by atoms with Gasteiger partial charge >= 0.3 is 5.97 Å². The molecule has 0 fully saturated rings. The van der Waals surface area contributed by atoms with Crippen molar-refractivity contribution in [1.82, 2.24) is 0 Å². The van der Waals surface area contributed by atoms with Crippen molar-refractivity contribution < 1.29 is 15.0 Å². The average Bonchev–Trinajstić information content (AvgIpc) is 2.46. The number of hydrogen-bond donors (Lipinski definition) is 3. The minimum atomic E-state index is -1.02. The van der Waals surface area contributed by atoms with Crippen LogP contribution in [-0.4, -0.2) is 16.2 Å². The van der Waals surface area contributed by atoms with E-state index in [9.17, 15) is 15.0 Å². The van der Waals surface area contributed by atoms with Crippen LogP contribution in [0.1, 0.15) is 57.0 Å². The zero-order chi connectivity index (χ0) is 19.0. The predicted octanol–water partition coefficient (Wildman–Crippen LogP) is 5.76. The van der Waals surface area contributed by atoms with Gasteiger partial charge in [0.15, 0.2) is 0 Å². The Morgan fingerprint density at radius 2 is 1.64 bits per heavy atom. The second-order valence-corrected chi connectivity index (χ2v) is 8.84. The third-order valence-corrected chi connectivity index (χ3v) is 4.63. The third kappa shape index (κ3) is 4.37. The van der Waals surface area contributed by atoms with Crippen LogP contribution in [0.25, 0.3) is 11.1 Å². The quantitative estimate of drug-likeness (QED) is 0.609. The topological polar surface area (TPSA) is 57.5 Å². The Labute approximate surface area is 155 Å². The number of phenolic OH excluding ortho intramolecular Hbond substituents is 1. The summed E-state index contributed by atoms with van der Waals surface area (Å²) in [6, 6.07) is 10.2. The van der Waals surface area contributed by atoms with Crippen LogP contribution in [0.5, 0.6) is 5.75 Å². The van der Waals surface area contributed by atoms with Gasteiger partial charge in [-0.05, 0) is 46.6 Å². The molecule has 0 bridgehead atoms. The lowest BCUT2D eigenvalue weighted by Crippen LogP contribution is -2.25. The molecular weight excluding hydrogens is 332 g/mol. The second kappa shape index (κ2) is 6.75. The summed E-state index contributed by atoms with van der Waals surface area (Å²) in [6.07, 6.45) is 0.929. The van der Waals surface area contributed by atoms with Crippen LogP contribution < -0.4 is 0 Å². The van der Waals surface area contributed by atoms with Gasteiger partial charge in [0.25, 0.3) is 0 Å². The largest absolute Gasteiger partial charge is 0.507 e. The van der Waals surface area contributed by atoms with Gasteiger partial charge in [-0.2, -0.15) is 0 Å². The molecule has 0 saturated heterocycles. The van der Waals surface area contributed by atoms with Gasteiger partial charge in [-0.3, -0.25) is 0 Å². The van der Waals surface area contributed by atoms with E-state index in [2.05, 4.69) is 47.2 Å². The molecule has 0 amide bonds. The second-order valence-electron chi connectivity index (χ2n) is 8.36. The van der Waals surface area contributed by atoms with Gasteiger partial charge in [0.05, 0.1) is 5.56 Å². The smallest absolute Gasteiger partial charge is 0.336 e. The van der Waals surface area contributed by atoms with Crippen molar-refractivity contribution in [1.29, 1.82) is 0 Å². The highest BCUT2D eigenvalue weighted by molar-refractivity contribution is 7.80. The molecule has 2 aromatic rings. The van der Waals surface area contributed by atoms with Gasteiger partial charge in [0.1, 0.15) is 5.75 Å². The van der Waals surface area contributed by atoms with Crippen LogP contribution >= 0.6 is 12.6 Å². The van der Waals surface area contributed by atoms with Crippen LogP contribution in [0.3, 0.4) is 0 Å². The van der Waals surface area contributed by atoms with Crippen LogP contribution in [0.2, 0.25) is 0 Å². The predicted molar refractivity (Wildman–Crippen MR) is 105 cm³/mol. The molecule has 4 heteroatoms. The van der Waals surface area contributed by atoms with Crippen molar-refractivity contribution in [3.63, 3.8) is 0 Å². The van der Waals surface area contributed by atoms with Crippen molar-refractivity contribution in [2.45, 2.75) is 51.3 Å². The number of hydrogen-bond acceptors (Lipinski definition) is 3. The minimum absolute atomic E-state index is 0.0727. The lowest BCUT2D eigenvalue weighted by atomic mass is 9.72. The molecule has 0 aliphatic rings. The van der Waals surface area contributed by atoms with Crippen molar-refractivity contribution in [3.8, 4) is 16.9 Å². The molecular formula is C21H26O3S. The van der Waals surface area contributed by atoms with Gasteiger partial charge in [0.2, 0.25) is 0 Å². The first-order valence-electron chi connectivity index (χ1n) is 8.31.